The van der Waals surface area contributed by atoms with Gasteiger partial charge in [-0.15, -0.1) is 0 Å². The lowest BCUT2D eigenvalue weighted by Gasteiger charge is -2.28. The molecule has 0 saturated carbocycles. The smallest absolute Gasteiger partial charge is 0.294 e. The number of anilines is 1. The summed E-state index contributed by atoms with van der Waals surface area (Å²) in [5, 5.41) is 0. The second-order valence-corrected chi connectivity index (χ2v) is 16.7. The molecule has 6 heteroatoms. The largest absolute Gasteiger partial charge is 0.520 e. The zero-order valence-corrected chi connectivity index (χ0v) is 18.8. The van der Waals surface area contributed by atoms with Crippen LogP contribution in [0.5, 0.6) is 0 Å². The molecule has 142 valence electrons. The van der Waals surface area contributed by atoms with E-state index in [0.29, 0.717) is 13.0 Å². The van der Waals surface area contributed by atoms with Crippen molar-refractivity contribution in [1.29, 1.82) is 0 Å². The highest BCUT2D eigenvalue weighted by molar-refractivity contribution is 6.71. The summed E-state index contributed by atoms with van der Waals surface area (Å²) in [6.07, 6.45) is 1.52. The standard InChI is InChI=1S/C19H35NO3Si2/c1-7-22-25(5,6)17-11-15-20(18-12-9-8-10-13-18)16-14-19(21)23-24(2,3)4/h8-10,12-13H,7,11,14-17H2,1-6H3. The van der Waals surface area contributed by atoms with Gasteiger partial charge in [0, 0.05) is 25.4 Å². The number of carbonyl (C=O) groups excluding carboxylic acids is 1. The van der Waals surface area contributed by atoms with E-state index in [0.717, 1.165) is 25.6 Å². The Hall–Kier alpha value is -1.12. The second kappa shape index (κ2) is 10.1. The number of carbonyl (C=O) groups is 1. The molecule has 4 nitrogen and oxygen atoms in total. The molecule has 25 heavy (non-hydrogen) atoms. The topological polar surface area (TPSA) is 38.8 Å². The van der Waals surface area contributed by atoms with E-state index in [1.54, 1.807) is 0 Å². The minimum Gasteiger partial charge on any atom is -0.520 e. The molecule has 0 unspecified atom stereocenters. The zero-order chi connectivity index (χ0) is 18.9. The van der Waals surface area contributed by atoms with E-state index >= 15 is 0 Å². The molecule has 0 spiro atoms. The van der Waals surface area contributed by atoms with Crippen LogP contribution in [0.3, 0.4) is 0 Å². The van der Waals surface area contributed by atoms with Gasteiger partial charge in [-0.25, -0.2) is 0 Å². The maximum atomic E-state index is 12.1. The van der Waals surface area contributed by atoms with E-state index in [4.69, 9.17) is 8.85 Å². The molecule has 0 heterocycles. The highest BCUT2D eigenvalue weighted by Crippen LogP contribution is 2.18. The van der Waals surface area contributed by atoms with Crippen LogP contribution in [-0.2, 0) is 13.6 Å². The van der Waals surface area contributed by atoms with Crippen LogP contribution in [0.1, 0.15) is 19.8 Å². The Bertz CT molecular complexity index is 515. The van der Waals surface area contributed by atoms with Gasteiger partial charge in [0.05, 0.1) is 6.42 Å². The highest BCUT2D eigenvalue weighted by Gasteiger charge is 2.23. The Morgan fingerprint density at radius 1 is 1.04 bits per heavy atom. The van der Waals surface area contributed by atoms with Crippen LogP contribution in [-0.4, -0.2) is 42.3 Å². The summed E-state index contributed by atoms with van der Waals surface area (Å²) in [6.45, 7) is 15.2. The van der Waals surface area contributed by atoms with E-state index in [1.165, 1.54) is 5.69 Å². The lowest BCUT2D eigenvalue weighted by atomic mass is 10.2. The van der Waals surface area contributed by atoms with Crippen molar-refractivity contribution in [1.82, 2.24) is 0 Å². The van der Waals surface area contributed by atoms with E-state index < -0.39 is 16.6 Å². The van der Waals surface area contributed by atoms with Crippen LogP contribution in [0.4, 0.5) is 5.69 Å². The molecule has 0 bridgehead atoms. The van der Waals surface area contributed by atoms with Gasteiger partial charge in [-0.3, -0.25) is 4.79 Å². The number of hydrogen-bond donors (Lipinski definition) is 0. The molecule has 0 N–H and O–H groups in total. The highest BCUT2D eigenvalue weighted by atomic mass is 28.4. The summed E-state index contributed by atoms with van der Waals surface area (Å²) >= 11 is 0. The van der Waals surface area contributed by atoms with E-state index in [1.807, 2.05) is 37.8 Å². The Kier molecular flexibility index (Phi) is 8.89. The van der Waals surface area contributed by atoms with Gasteiger partial charge >= 0.3 is 0 Å². The third-order valence-electron chi connectivity index (χ3n) is 3.87. The average molecular weight is 382 g/mol. The van der Waals surface area contributed by atoms with Gasteiger partial charge in [0.1, 0.15) is 0 Å². The van der Waals surface area contributed by atoms with Crippen LogP contribution < -0.4 is 4.90 Å². The molecular formula is C19H35NO3Si2. The Morgan fingerprint density at radius 2 is 1.68 bits per heavy atom. The molecule has 0 saturated heterocycles. The fourth-order valence-electron chi connectivity index (χ4n) is 2.79. The summed E-state index contributed by atoms with van der Waals surface area (Å²) in [7, 11) is -3.37. The minimum absolute atomic E-state index is 0.0795. The first-order valence-electron chi connectivity index (χ1n) is 9.29. The summed E-state index contributed by atoms with van der Waals surface area (Å²) in [4.78, 5) is 14.4. The summed E-state index contributed by atoms with van der Waals surface area (Å²) in [6, 6.07) is 11.4. The molecule has 0 amide bonds. The lowest BCUT2D eigenvalue weighted by Crippen LogP contribution is -2.34. The van der Waals surface area contributed by atoms with Crippen molar-refractivity contribution in [3.8, 4) is 0 Å². The van der Waals surface area contributed by atoms with Gasteiger partial charge in [-0.1, -0.05) is 18.2 Å². The molecular weight excluding hydrogens is 346 g/mol. The predicted octanol–water partition coefficient (Wildman–Crippen LogP) is 4.89. The van der Waals surface area contributed by atoms with Crippen molar-refractivity contribution >= 4 is 28.3 Å². The molecule has 0 atom stereocenters. The quantitative estimate of drug-likeness (QED) is 0.511. The van der Waals surface area contributed by atoms with Crippen LogP contribution in [0.15, 0.2) is 30.3 Å². The van der Waals surface area contributed by atoms with Gasteiger partial charge < -0.3 is 13.8 Å². The third-order valence-corrected chi connectivity index (χ3v) is 7.34. The maximum Gasteiger partial charge on any atom is 0.294 e. The lowest BCUT2D eigenvalue weighted by molar-refractivity contribution is -0.134. The van der Waals surface area contributed by atoms with Crippen molar-refractivity contribution in [2.45, 2.75) is 58.5 Å². The fraction of sp³-hybridized carbons (Fsp3) is 0.632. The normalized spacial score (nSPS) is 12.1. The van der Waals surface area contributed by atoms with Crippen molar-refractivity contribution in [3.05, 3.63) is 30.3 Å². The minimum atomic E-state index is -1.81. The zero-order valence-electron chi connectivity index (χ0n) is 16.8. The van der Waals surface area contributed by atoms with Gasteiger partial charge in [-0.05, 0) is 64.3 Å². The monoisotopic (exact) mass is 381 g/mol. The van der Waals surface area contributed by atoms with Crippen LogP contribution in [0.25, 0.3) is 0 Å². The SMILES string of the molecule is CCO[Si](C)(C)CCCN(CCC(=O)O[Si](C)(C)C)c1ccccc1. The summed E-state index contributed by atoms with van der Waals surface area (Å²) in [5.41, 5.74) is 1.17. The van der Waals surface area contributed by atoms with E-state index in [2.05, 4.69) is 37.1 Å². The molecule has 0 aliphatic rings. The molecule has 0 aliphatic carbocycles. The molecule has 1 rings (SSSR count). The van der Waals surface area contributed by atoms with Crippen LogP contribution in [0.2, 0.25) is 38.8 Å². The molecule has 0 radical (unpaired) electrons. The van der Waals surface area contributed by atoms with Crippen molar-refractivity contribution in [2.24, 2.45) is 0 Å². The predicted molar refractivity (Wildman–Crippen MR) is 111 cm³/mol. The Labute approximate surface area is 155 Å². The van der Waals surface area contributed by atoms with Gasteiger partial charge in [0.15, 0.2) is 8.32 Å². The average Bonchev–Trinajstić information content (AvgIpc) is 2.49. The molecule has 0 aliphatic heterocycles. The number of nitrogens with zero attached hydrogens (tertiary/aromatic N) is 1. The van der Waals surface area contributed by atoms with E-state index in [9.17, 15) is 4.79 Å². The molecule has 0 fully saturated rings. The Morgan fingerprint density at radius 3 is 2.24 bits per heavy atom. The first-order chi connectivity index (χ1) is 11.6. The molecule has 1 aromatic carbocycles. The van der Waals surface area contributed by atoms with Crippen molar-refractivity contribution in [2.75, 3.05) is 24.6 Å². The number of rotatable bonds is 11. The van der Waals surface area contributed by atoms with Gasteiger partial charge in [0.2, 0.25) is 8.32 Å². The maximum absolute atomic E-state index is 12.1. The van der Waals surface area contributed by atoms with Crippen LogP contribution >= 0.6 is 0 Å². The summed E-state index contributed by atoms with van der Waals surface area (Å²) in [5.74, 6) is -0.0795. The number of para-hydroxylation sites is 1. The first kappa shape index (κ1) is 21.9. The third kappa shape index (κ3) is 9.82. The van der Waals surface area contributed by atoms with Crippen molar-refractivity contribution in [3.63, 3.8) is 0 Å². The summed E-state index contributed by atoms with van der Waals surface area (Å²) < 4.78 is 11.5. The molecule has 1 aromatic rings. The first-order valence-corrected chi connectivity index (χ1v) is 15.8. The molecule has 0 aromatic heterocycles. The fourth-order valence-corrected chi connectivity index (χ4v) is 5.51. The van der Waals surface area contributed by atoms with Gasteiger partial charge in [-0.2, -0.15) is 0 Å². The van der Waals surface area contributed by atoms with Crippen LogP contribution in [0, 0.1) is 0 Å². The van der Waals surface area contributed by atoms with E-state index in [-0.39, 0.29) is 5.97 Å². The Balaban J connectivity index is 2.61. The second-order valence-electron chi connectivity index (χ2n) is 7.96. The number of benzene rings is 1. The van der Waals surface area contributed by atoms with Gasteiger partial charge in [0.25, 0.3) is 5.97 Å². The van der Waals surface area contributed by atoms with Crippen molar-refractivity contribution < 1.29 is 13.6 Å². The number of hydrogen-bond acceptors (Lipinski definition) is 4.